The fourth-order valence-corrected chi connectivity index (χ4v) is 22.6. The molecule has 0 radical (unpaired) electrons. The van der Waals surface area contributed by atoms with Gasteiger partial charge in [0.25, 0.3) is 0 Å². The van der Waals surface area contributed by atoms with Crippen LogP contribution in [0.15, 0.2) is 425 Å². The monoisotopic (exact) mass is 1680 g/mol. The molecule has 610 valence electrons. The molecule has 0 aliphatic heterocycles. The van der Waals surface area contributed by atoms with Crippen molar-refractivity contribution in [2.75, 3.05) is 0 Å². The van der Waals surface area contributed by atoms with Crippen LogP contribution in [0.5, 0.6) is 0 Å². The molecule has 0 aliphatic carbocycles. The van der Waals surface area contributed by atoms with E-state index in [1.165, 1.54) is 0 Å². The molecule has 28 rings (SSSR count). The van der Waals surface area contributed by atoms with Crippen molar-refractivity contribution in [1.82, 2.24) is 46.5 Å². The molecule has 12 nitrogen and oxygen atoms in total. The first kappa shape index (κ1) is 72.9. The normalized spacial score (nSPS) is 12.1. The number of aromatic nitrogens is 10. The van der Waals surface area contributed by atoms with E-state index in [-0.39, 0.29) is 0 Å². The number of pyridine rings is 2. The highest BCUT2D eigenvalue weighted by Gasteiger charge is 2.33. The molecule has 28 aromatic rings. The van der Waals surface area contributed by atoms with Gasteiger partial charge in [-0.3, -0.25) is 9.97 Å². The molecular weight excluding hydrogens is 1610 g/mol. The Balaban J connectivity index is 0.714. The van der Waals surface area contributed by atoms with Crippen molar-refractivity contribution < 1.29 is 0 Å². The second-order valence-corrected chi connectivity index (χ2v) is 34.4. The molecule has 10 aromatic heterocycles. The smallest absolute Gasteiger partial charge is 0.0998 e. The second-order valence-electron chi connectivity index (χ2n) is 34.4. The summed E-state index contributed by atoms with van der Waals surface area (Å²) in [6.07, 6.45) is 8.08. The Morgan fingerprint density at radius 3 is 0.841 bits per heavy atom. The van der Waals surface area contributed by atoms with Crippen LogP contribution in [0.1, 0.15) is 11.1 Å². The molecule has 0 amide bonds. The molecule has 0 unspecified atom stereocenters. The van der Waals surface area contributed by atoms with Gasteiger partial charge in [-0.2, -0.15) is 10.5 Å². The Labute approximate surface area is 753 Å². The minimum Gasteiger partial charge on any atom is -0.309 e. The SMILES string of the molecule is N#Cc1ccccc1-c1c(-n2c3ccccc3c3ccc4c(c5ccccc5n4-c4ccccc4)c32)cncc1-n1c2ccccc2c2ccc3c(c4ccc(-c5ccc6c(c5)c5ccc7c8ccccc8n(-c8ccccc8)c7c5n6-c5cncc(-n6c7ccccc7c7ccc8c9ccccc9n(-c9ccccc9)c8c76)c5-c5ccccc5C#N)cc4n3-c3ccccc3)c21. The number of hydrogen-bond acceptors (Lipinski definition) is 4. The van der Waals surface area contributed by atoms with Crippen molar-refractivity contribution in [3.05, 3.63) is 436 Å². The van der Waals surface area contributed by atoms with Gasteiger partial charge < -0.3 is 36.5 Å². The molecule has 0 N–H and O–H groups in total. The highest BCUT2D eigenvalue weighted by Crippen LogP contribution is 2.53. The van der Waals surface area contributed by atoms with Gasteiger partial charge in [0.15, 0.2) is 0 Å². The lowest BCUT2D eigenvalue weighted by Crippen LogP contribution is -2.07. The van der Waals surface area contributed by atoms with Crippen LogP contribution in [0.3, 0.4) is 0 Å². The zero-order valence-electron chi connectivity index (χ0n) is 70.8. The molecule has 0 saturated carbocycles. The summed E-state index contributed by atoms with van der Waals surface area (Å²) in [7, 11) is 0. The Hall–Kier alpha value is -18.4. The lowest BCUT2D eigenvalue weighted by atomic mass is 9.97. The highest BCUT2D eigenvalue weighted by molar-refractivity contribution is 6.31. The maximum Gasteiger partial charge on any atom is 0.0998 e. The van der Waals surface area contributed by atoms with Gasteiger partial charge in [-0.05, 0) is 139 Å². The number of rotatable bonds is 11. The van der Waals surface area contributed by atoms with E-state index in [9.17, 15) is 10.5 Å². The third-order valence-corrected chi connectivity index (χ3v) is 27.9. The van der Waals surface area contributed by atoms with E-state index in [1.54, 1.807) is 0 Å². The maximum absolute atomic E-state index is 11.7. The fraction of sp³-hybridized carbons (Fsp3) is 0. The first-order valence-corrected chi connectivity index (χ1v) is 44.6. The summed E-state index contributed by atoms with van der Waals surface area (Å²) >= 11 is 0. The topological polar surface area (TPSA) is 113 Å². The lowest BCUT2D eigenvalue weighted by molar-refractivity contribution is 1.09. The molecule has 132 heavy (non-hydrogen) atoms. The second kappa shape index (κ2) is 28.1. The maximum atomic E-state index is 11.7. The van der Waals surface area contributed by atoms with E-state index < -0.39 is 0 Å². The van der Waals surface area contributed by atoms with E-state index in [0.29, 0.717) is 11.1 Å². The predicted molar refractivity (Wildman–Crippen MR) is 542 cm³/mol. The van der Waals surface area contributed by atoms with Crippen LogP contribution in [0.25, 0.3) is 253 Å². The van der Waals surface area contributed by atoms with Gasteiger partial charge in [-0.1, -0.05) is 273 Å². The van der Waals surface area contributed by atoms with E-state index in [2.05, 4.69) is 425 Å². The third kappa shape index (κ3) is 10.1. The summed E-state index contributed by atoms with van der Waals surface area (Å²) < 4.78 is 19.5. The molecule has 0 saturated heterocycles. The first-order valence-electron chi connectivity index (χ1n) is 44.6. The number of benzene rings is 18. The highest BCUT2D eigenvalue weighted by atomic mass is 15.1. The predicted octanol–water partition coefficient (Wildman–Crippen LogP) is 30.0. The zero-order chi connectivity index (χ0) is 86.7. The Morgan fingerprint density at radius 1 is 0.182 bits per heavy atom. The van der Waals surface area contributed by atoms with Gasteiger partial charge in [0.05, 0.1) is 159 Å². The first-order chi connectivity index (χ1) is 65.5. The quantitative estimate of drug-likeness (QED) is 0.128. The summed E-state index contributed by atoms with van der Waals surface area (Å²) in [6, 6.07) is 149. The van der Waals surface area contributed by atoms with E-state index in [4.69, 9.17) is 9.97 Å². The molecule has 0 atom stereocenters. The van der Waals surface area contributed by atoms with Gasteiger partial charge in [0, 0.05) is 131 Å². The van der Waals surface area contributed by atoms with Crippen LogP contribution in [0.2, 0.25) is 0 Å². The van der Waals surface area contributed by atoms with Crippen molar-refractivity contribution in [1.29, 1.82) is 10.5 Å². The van der Waals surface area contributed by atoms with E-state index in [1.807, 2.05) is 49.1 Å². The molecule has 0 aliphatic rings. The number of nitriles is 2. The molecule has 0 bridgehead atoms. The summed E-state index contributed by atoms with van der Waals surface area (Å²) in [5.74, 6) is 0. The van der Waals surface area contributed by atoms with Gasteiger partial charge in [-0.25, -0.2) is 0 Å². The summed E-state index contributed by atoms with van der Waals surface area (Å²) in [5, 5.41) is 40.7. The van der Waals surface area contributed by atoms with Crippen LogP contribution in [0, 0.1) is 22.7 Å². The molecule has 12 heteroatoms. The molecule has 0 fully saturated rings. The third-order valence-electron chi connectivity index (χ3n) is 27.9. The van der Waals surface area contributed by atoms with Gasteiger partial charge in [-0.15, -0.1) is 0 Å². The average molecular weight is 1680 g/mol. The summed E-state index contributed by atoms with van der Waals surface area (Å²) in [6.45, 7) is 0. The number of para-hydroxylation sites is 10. The Bertz CT molecular complexity index is 9950. The van der Waals surface area contributed by atoms with Crippen molar-refractivity contribution in [3.63, 3.8) is 0 Å². The van der Waals surface area contributed by atoms with E-state index in [0.717, 1.165) is 253 Å². The zero-order valence-corrected chi connectivity index (χ0v) is 70.8. The lowest BCUT2D eigenvalue weighted by Gasteiger charge is -2.21. The molecular formula is C120H70N12. The number of fused-ring (bicyclic) bond motifs is 28. The van der Waals surface area contributed by atoms with Crippen LogP contribution >= 0.6 is 0 Å². The molecule has 10 heterocycles. The van der Waals surface area contributed by atoms with Crippen LogP contribution in [0.4, 0.5) is 0 Å². The summed E-state index contributed by atoms with van der Waals surface area (Å²) in [4.78, 5) is 10.9. The number of hydrogen-bond donors (Lipinski definition) is 0. The van der Waals surface area contributed by atoms with Crippen molar-refractivity contribution in [3.8, 4) is 91.0 Å². The summed E-state index contributed by atoms with van der Waals surface area (Å²) in [5.41, 5.74) is 30.4. The molecule has 0 spiro atoms. The van der Waals surface area contributed by atoms with Gasteiger partial charge >= 0.3 is 0 Å². The largest absolute Gasteiger partial charge is 0.309 e. The minimum absolute atomic E-state index is 0.534. The average Bonchev–Trinajstić information content (AvgIpc) is 1.54. The van der Waals surface area contributed by atoms with Crippen LogP contribution in [-0.4, -0.2) is 46.5 Å². The van der Waals surface area contributed by atoms with Crippen molar-refractivity contribution in [2.45, 2.75) is 0 Å². The Morgan fingerprint density at radius 2 is 0.439 bits per heavy atom. The van der Waals surface area contributed by atoms with Gasteiger partial charge in [0.1, 0.15) is 0 Å². The van der Waals surface area contributed by atoms with Crippen LogP contribution in [-0.2, 0) is 0 Å². The van der Waals surface area contributed by atoms with Crippen molar-refractivity contribution in [2.24, 2.45) is 0 Å². The fourth-order valence-electron chi connectivity index (χ4n) is 22.6. The van der Waals surface area contributed by atoms with Gasteiger partial charge in [0.2, 0.25) is 0 Å². The van der Waals surface area contributed by atoms with E-state index >= 15 is 0 Å². The standard InChI is InChI=1S/C120H70N12/c121-67-75-29-13-15-39-81(75)111-107(129-99-49-25-19-41-83(99)88-60-63-104-113(115(88)129)94-46-22-28-52-102(94)125(104)77-31-5-1-6-32-77)69-123-70-108(111)130-100-50-26-20-42-84(100)89-61-64-105-114(116(89)130)95-55-53-74(66-106(95)126(105)78-33-7-2-8-34-78)73-54-62-103-96(65-73)93-59-58-91-86-44-18-24-48-98(86)128(80-37-11-4-12-38-80)118(91)120(93)132(103)110-72-124-71-109(112(110)82-40-16-14-30-76(82)68-122)131-101-51-27-21-45-87(101)92-57-56-90-85-43-17-23-47-97(85)127(117(90)119(92)131)79-35-9-3-10-36-79/h1-66,69-72H. The minimum atomic E-state index is 0.534. The number of nitrogens with zero attached hydrogens (tertiary/aromatic N) is 12. The molecule has 18 aromatic carbocycles. The van der Waals surface area contributed by atoms with Crippen LogP contribution < -0.4 is 0 Å². The Kier molecular flexibility index (Phi) is 15.5. The van der Waals surface area contributed by atoms with Crippen molar-refractivity contribution >= 4 is 174 Å².